The Morgan fingerprint density at radius 3 is 2.07 bits per heavy atom. The molecule has 1 aliphatic rings. The average Bonchev–Trinajstić information content (AvgIpc) is 2.69. The molecule has 6 nitrogen and oxygen atoms in total. The van der Waals surface area contributed by atoms with Gasteiger partial charge in [-0.05, 0) is 25.3 Å². The second-order valence-electron chi connectivity index (χ2n) is 6.67. The van der Waals surface area contributed by atoms with Crippen LogP contribution in [0.2, 0.25) is 0 Å². The first-order chi connectivity index (χ1) is 13.0. The van der Waals surface area contributed by atoms with Gasteiger partial charge in [0.2, 0.25) is 0 Å². The predicted octanol–water partition coefficient (Wildman–Crippen LogP) is 3.20. The second kappa shape index (κ2) is 10.5. The molecule has 0 spiro atoms. The van der Waals surface area contributed by atoms with Crippen molar-refractivity contribution in [1.29, 1.82) is 0 Å². The zero-order valence-corrected chi connectivity index (χ0v) is 15.6. The molecule has 0 heterocycles. The molecule has 0 bridgehead atoms. The van der Waals surface area contributed by atoms with E-state index in [9.17, 15) is 14.4 Å². The molecule has 0 amide bonds. The highest BCUT2D eigenvalue weighted by atomic mass is 16.6. The van der Waals surface area contributed by atoms with Crippen LogP contribution in [0.4, 0.5) is 0 Å². The van der Waals surface area contributed by atoms with Crippen LogP contribution in [-0.4, -0.2) is 31.1 Å². The number of ether oxygens (including phenoxy) is 3. The Kier molecular flexibility index (Phi) is 8.04. The molecule has 27 heavy (non-hydrogen) atoms. The maximum Gasteiger partial charge on any atom is 0.333 e. The van der Waals surface area contributed by atoms with Crippen molar-refractivity contribution in [2.24, 2.45) is 11.8 Å². The molecule has 0 aliphatic heterocycles. The Bertz CT molecular complexity index is 667. The molecule has 0 N–H and O–H groups in total. The predicted molar refractivity (Wildman–Crippen MR) is 98.4 cm³/mol. The molecule has 2 atom stereocenters. The summed E-state index contributed by atoms with van der Waals surface area (Å²) in [6, 6.07) is 9.42. The van der Waals surface area contributed by atoms with Crippen LogP contribution < -0.4 is 0 Å². The highest BCUT2D eigenvalue weighted by Gasteiger charge is 2.37. The van der Waals surface area contributed by atoms with Gasteiger partial charge in [-0.1, -0.05) is 49.8 Å². The molecule has 0 aromatic heterocycles. The summed E-state index contributed by atoms with van der Waals surface area (Å²) in [7, 11) is 0. The lowest BCUT2D eigenvalue weighted by atomic mass is 9.79. The van der Waals surface area contributed by atoms with Crippen molar-refractivity contribution in [2.75, 3.05) is 13.2 Å². The molecule has 1 aromatic rings. The summed E-state index contributed by atoms with van der Waals surface area (Å²) in [5, 5.41) is 0. The SMILES string of the molecule is C=C(C)C(=O)OCCOC(=O)C1CCCCC1C(=O)OCc1ccccc1. The van der Waals surface area contributed by atoms with E-state index >= 15 is 0 Å². The number of carbonyl (C=O) groups excluding carboxylic acids is 3. The highest BCUT2D eigenvalue weighted by Crippen LogP contribution is 2.32. The van der Waals surface area contributed by atoms with Crippen LogP contribution in [0.25, 0.3) is 0 Å². The highest BCUT2D eigenvalue weighted by molar-refractivity contribution is 5.87. The Labute approximate surface area is 159 Å². The van der Waals surface area contributed by atoms with E-state index in [1.165, 1.54) is 0 Å². The van der Waals surface area contributed by atoms with Crippen molar-refractivity contribution in [1.82, 2.24) is 0 Å². The van der Waals surface area contributed by atoms with Gasteiger partial charge >= 0.3 is 17.9 Å². The third-order valence-corrected chi connectivity index (χ3v) is 4.50. The lowest BCUT2D eigenvalue weighted by Crippen LogP contribution is -2.35. The van der Waals surface area contributed by atoms with Gasteiger partial charge in [-0.2, -0.15) is 0 Å². The van der Waals surface area contributed by atoms with Gasteiger partial charge in [-0.15, -0.1) is 0 Å². The molecule has 2 unspecified atom stereocenters. The van der Waals surface area contributed by atoms with E-state index in [0.717, 1.165) is 18.4 Å². The van der Waals surface area contributed by atoms with Crippen molar-refractivity contribution in [3.05, 3.63) is 48.0 Å². The fourth-order valence-corrected chi connectivity index (χ4v) is 3.04. The first-order valence-corrected chi connectivity index (χ1v) is 9.19. The van der Waals surface area contributed by atoms with Crippen molar-refractivity contribution >= 4 is 17.9 Å². The van der Waals surface area contributed by atoms with E-state index in [-0.39, 0.29) is 31.4 Å². The molecule has 1 aliphatic carbocycles. The number of hydrogen-bond donors (Lipinski definition) is 0. The average molecular weight is 374 g/mol. The Morgan fingerprint density at radius 1 is 0.926 bits per heavy atom. The number of hydrogen-bond acceptors (Lipinski definition) is 6. The summed E-state index contributed by atoms with van der Waals surface area (Å²) in [6.07, 6.45) is 2.95. The van der Waals surface area contributed by atoms with Gasteiger partial charge in [-0.3, -0.25) is 9.59 Å². The fraction of sp³-hybridized carbons (Fsp3) is 0.476. The number of carbonyl (C=O) groups is 3. The zero-order valence-electron chi connectivity index (χ0n) is 15.6. The van der Waals surface area contributed by atoms with Crippen LogP contribution in [0.3, 0.4) is 0 Å². The largest absolute Gasteiger partial charge is 0.462 e. The molecular weight excluding hydrogens is 348 g/mol. The number of rotatable bonds is 8. The van der Waals surface area contributed by atoms with E-state index in [1.54, 1.807) is 6.92 Å². The topological polar surface area (TPSA) is 78.9 Å². The van der Waals surface area contributed by atoms with Crippen LogP contribution in [0, 0.1) is 11.8 Å². The van der Waals surface area contributed by atoms with Gasteiger partial charge in [0.25, 0.3) is 0 Å². The van der Waals surface area contributed by atoms with E-state index in [1.807, 2.05) is 30.3 Å². The van der Waals surface area contributed by atoms with Gasteiger partial charge in [0.1, 0.15) is 19.8 Å². The molecule has 6 heteroatoms. The molecule has 0 radical (unpaired) electrons. The molecule has 1 fully saturated rings. The van der Waals surface area contributed by atoms with Crippen molar-refractivity contribution in [3.8, 4) is 0 Å². The van der Waals surface area contributed by atoms with Crippen LogP contribution in [0.5, 0.6) is 0 Å². The lowest BCUT2D eigenvalue weighted by molar-refractivity contribution is -0.165. The number of benzene rings is 1. The van der Waals surface area contributed by atoms with Gasteiger partial charge in [-0.25, -0.2) is 4.79 Å². The maximum absolute atomic E-state index is 12.5. The summed E-state index contributed by atoms with van der Waals surface area (Å²) >= 11 is 0. The van der Waals surface area contributed by atoms with E-state index < -0.39 is 23.8 Å². The standard InChI is InChI=1S/C21H26O6/c1-15(2)19(22)25-12-13-26-20(23)17-10-6-7-11-18(17)21(24)27-14-16-8-4-3-5-9-16/h3-5,8-9,17-18H,1,6-7,10-14H2,2H3. The smallest absolute Gasteiger partial charge is 0.333 e. The molecule has 1 aromatic carbocycles. The van der Waals surface area contributed by atoms with Crippen LogP contribution in [0.1, 0.15) is 38.2 Å². The van der Waals surface area contributed by atoms with E-state index in [2.05, 4.69) is 6.58 Å². The summed E-state index contributed by atoms with van der Waals surface area (Å²) in [5.74, 6) is -2.34. The van der Waals surface area contributed by atoms with Gasteiger partial charge in [0.05, 0.1) is 11.8 Å². The normalized spacial score (nSPS) is 19.0. The molecule has 0 saturated heterocycles. The Morgan fingerprint density at radius 2 is 1.48 bits per heavy atom. The van der Waals surface area contributed by atoms with Crippen LogP contribution in [0.15, 0.2) is 42.5 Å². The lowest BCUT2D eigenvalue weighted by Gasteiger charge is -2.28. The summed E-state index contributed by atoms with van der Waals surface area (Å²) in [5.41, 5.74) is 1.19. The minimum atomic E-state index is -0.522. The zero-order chi connectivity index (χ0) is 19.6. The van der Waals surface area contributed by atoms with E-state index in [0.29, 0.717) is 12.8 Å². The van der Waals surface area contributed by atoms with Crippen LogP contribution in [-0.2, 0) is 35.2 Å². The molecule has 2 rings (SSSR count). The summed E-state index contributed by atoms with van der Waals surface area (Å²) in [4.78, 5) is 36.1. The third kappa shape index (κ3) is 6.55. The van der Waals surface area contributed by atoms with Crippen molar-refractivity contribution in [3.63, 3.8) is 0 Å². The van der Waals surface area contributed by atoms with Crippen molar-refractivity contribution < 1.29 is 28.6 Å². The Balaban J connectivity index is 1.82. The monoisotopic (exact) mass is 374 g/mol. The second-order valence-corrected chi connectivity index (χ2v) is 6.67. The summed E-state index contributed by atoms with van der Waals surface area (Å²) in [6.45, 7) is 5.13. The first-order valence-electron chi connectivity index (χ1n) is 9.19. The van der Waals surface area contributed by atoms with Gasteiger partial charge in [0.15, 0.2) is 0 Å². The fourth-order valence-electron chi connectivity index (χ4n) is 3.04. The minimum Gasteiger partial charge on any atom is -0.462 e. The Hall–Kier alpha value is -2.63. The van der Waals surface area contributed by atoms with Gasteiger partial charge in [0, 0.05) is 5.57 Å². The van der Waals surface area contributed by atoms with E-state index in [4.69, 9.17) is 14.2 Å². The summed E-state index contributed by atoms with van der Waals surface area (Å²) < 4.78 is 15.5. The van der Waals surface area contributed by atoms with Gasteiger partial charge < -0.3 is 14.2 Å². The molecule has 1 saturated carbocycles. The quantitative estimate of drug-likeness (QED) is 0.301. The maximum atomic E-state index is 12.5. The minimum absolute atomic E-state index is 0.0345. The number of esters is 3. The van der Waals surface area contributed by atoms with Crippen LogP contribution >= 0.6 is 0 Å². The molecular formula is C21H26O6. The molecule has 146 valence electrons. The third-order valence-electron chi connectivity index (χ3n) is 4.50. The van der Waals surface area contributed by atoms with Crippen molar-refractivity contribution in [2.45, 2.75) is 39.2 Å². The first kappa shape index (κ1) is 20.7.